The Morgan fingerprint density at radius 2 is 2.00 bits per heavy atom. The lowest BCUT2D eigenvalue weighted by Crippen LogP contribution is -2.12. The maximum absolute atomic E-state index is 12.3. The highest BCUT2D eigenvalue weighted by atomic mass is 79.9. The Bertz CT molecular complexity index is 823. The van der Waals surface area contributed by atoms with Crippen LogP contribution in [0.5, 0.6) is 0 Å². The second-order valence-corrected chi connectivity index (χ2v) is 7.18. The Hall–Kier alpha value is -1.92. The number of para-hydroxylation sites is 1. The normalized spacial score (nSPS) is 10.7. The van der Waals surface area contributed by atoms with Gasteiger partial charge in [0.1, 0.15) is 0 Å². The van der Waals surface area contributed by atoms with E-state index in [0.29, 0.717) is 5.56 Å². The monoisotopic (exact) mass is 375 g/mol. The number of hydrogen-bond donors (Lipinski definition) is 1. The summed E-state index contributed by atoms with van der Waals surface area (Å²) >= 11 is 4.86. The zero-order chi connectivity index (χ0) is 15.7. The number of carbonyl (C=O) groups is 1. The maximum atomic E-state index is 12.3. The highest BCUT2D eigenvalue weighted by Gasteiger charge is 2.16. The van der Waals surface area contributed by atoms with Crippen molar-refractivity contribution in [3.05, 3.63) is 62.5 Å². The van der Waals surface area contributed by atoms with Crippen molar-refractivity contribution in [1.29, 1.82) is 0 Å². The van der Waals surface area contributed by atoms with Gasteiger partial charge in [0.2, 0.25) is 0 Å². The molecule has 22 heavy (non-hydrogen) atoms. The maximum Gasteiger partial charge on any atom is 0.256 e. The zero-order valence-corrected chi connectivity index (χ0v) is 14.5. The smallest absolute Gasteiger partial charge is 0.256 e. The first-order valence-corrected chi connectivity index (χ1v) is 8.40. The van der Waals surface area contributed by atoms with Crippen molar-refractivity contribution < 1.29 is 4.79 Å². The molecule has 0 saturated carbocycles. The number of aromatic nitrogens is 2. The molecule has 0 radical (unpaired) electrons. The molecular weight excluding hydrogens is 362 g/mol. The fourth-order valence-electron chi connectivity index (χ4n) is 2.26. The van der Waals surface area contributed by atoms with E-state index in [0.717, 1.165) is 26.5 Å². The van der Waals surface area contributed by atoms with Gasteiger partial charge in [0, 0.05) is 5.38 Å². The summed E-state index contributed by atoms with van der Waals surface area (Å²) < 4.78 is 2.78. The summed E-state index contributed by atoms with van der Waals surface area (Å²) in [7, 11) is 0. The van der Waals surface area contributed by atoms with Crippen molar-refractivity contribution >= 4 is 38.9 Å². The lowest BCUT2D eigenvalue weighted by molar-refractivity contribution is 0.102. The summed E-state index contributed by atoms with van der Waals surface area (Å²) in [6.07, 6.45) is 0. The number of thiophene rings is 1. The first-order chi connectivity index (χ1) is 10.6. The van der Waals surface area contributed by atoms with E-state index in [9.17, 15) is 4.79 Å². The summed E-state index contributed by atoms with van der Waals surface area (Å²) in [6, 6.07) is 11.7. The molecule has 2 heterocycles. The van der Waals surface area contributed by atoms with Crippen molar-refractivity contribution in [2.45, 2.75) is 13.8 Å². The minimum absolute atomic E-state index is 0.124. The molecule has 112 valence electrons. The van der Waals surface area contributed by atoms with Gasteiger partial charge in [0.25, 0.3) is 5.91 Å². The molecule has 0 aliphatic rings. The second-order valence-electron chi connectivity index (χ2n) is 4.89. The summed E-state index contributed by atoms with van der Waals surface area (Å²) in [5, 5.41) is 9.31. The summed E-state index contributed by atoms with van der Waals surface area (Å²) in [5.41, 5.74) is 4.08. The highest BCUT2D eigenvalue weighted by Crippen LogP contribution is 2.25. The number of benzene rings is 1. The van der Waals surface area contributed by atoms with Crippen LogP contribution in [0.4, 0.5) is 5.69 Å². The third-order valence-corrected chi connectivity index (χ3v) is 4.86. The van der Waals surface area contributed by atoms with Crippen molar-refractivity contribution in [3.63, 3.8) is 0 Å². The lowest BCUT2D eigenvalue weighted by atomic mass is 10.2. The molecule has 3 aromatic rings. The number of nitrogens with zero attached hydrogens (tertiary/aromatic N) is 2. The molecule has 1 N–H and O–H groups in total. The van der Waals surface area contributed by atoms with Gasteiger partial charge in [-0.15, -0.1) is 11.3 Å². The van der Waals surface area contributed by atoms with E-state index in [1.54, 1.807) is 0 Å². The van der Waals surface area contributed by atoms with Gasteiger partial charge in [0.15, 0.2) is 0 Å². The number of aryl methyl sites for hydroxylation is 1. The minimum Gasteiger partial charge on any atom is -0.319 e. The zero-order valence-electron chi connectivity index (χ0n) is 12.1. The second kappa shape index (κ2) is 6.06. The predicted octanol–water partition coefficient (Wildman–Crippen LogP) is 4.57. The average molecular weight is 376 g/mol. The van der Waals surface area contributed by atoms with Crippen LogP contribution in [0, 0.1) is 13.8 Å². The summed E-state index contributed by atoms with van der Waals surface area (Å²) in [5.74, 6) is -0.124. The van der Waals surface area contributed by atoms with Gasteiger partial charge in [-0.3, -0.25) is 4.79 Å². The molecule has 0 unspecified atom stereocenters. The van der Waals surface area contributed by atoms with Crippen LogP contribution >= 0.6 is 27.3 Å². The van der Waals surface area contributed by atoms with Gasteiger partial charge < -0.3 is 5.32 Å². The first-order valence-electron chi connectivity index (χ1n) is 6.73. The molecule has 6 heteroatoms. The molecule has 1 amide bonds. The number of rotatable bonds is 3. The van der Waals surface area contributed by atoms with Crippen LogP contribution in [-0.4, -0.2) is 15.7 Å². The van der Waals surface area contributed by atoms with Gasteiger partial charge in [-0.25, -0.2) is 4.68 Å². The number of halogens is 1. The number of hydrogen-bond acceptors (Lipinski definition) is 3. The summed E-state index contributed by atoms with van der Waals surface area (Å²) in [4.78, 5) is 12.3. The average Bonchev–Trinajstić information content (AvgIpc) is 3.07. The van der Waals surface area contributed by atoms with Crippen molar-refractivity contribution in [2.75, 3.05) is 5.32 Å². The largest absolute Gasteiger partial charge is 0.319 e. The fourth-order valence-corrected chi connectivity index (χ4v) is 3.40. The van der Waals surface area contributed by atoms with Crippen molar-refractivity contribution in [1.82, 2.24) is 9.78 Å². The Kier molecular flexibility index (Phi) is 4.13. The number of anilines is 1. The quantitative estimate of drug-likeness (QED) is 0.728. The molecular formula is C16H14BrN3OS. The third-order valence-electron chi connectivity index (χ3n) is 3.36. The SMILES string of the molecule is Cc1nn(-c2ccccc2)c(C)c1NC(=O)c1csc(Br)c1. The molecule has 1 aromatic carbocycles. The van der Waals surface area contributed by atoms with E-state index >= 15 is 0 Å². The van der Waals surface area contributed by atoms with E-state index in [4.69, 9.17) is 0 Å². The standard InChI is InChI=1S/C16H14BrN3OS/c1-10-15(18-16(21)12-8-14(17)22-9-12)11(2)20(19-10)13-6-4-3-5-7-13/h3-9H,1-2H3,(H,18,21). The van der Waals surface area contributed by atoms with E-state index in [1.165, 1.54) is 11.3 Å². The topological polar surface area (TPSA) is 46.9 Å². The minimum atomic E-state index is -0.124. The van der Waals surface area contributed by atoms with Crippen LogP contribution in [0.15, 0.2) is 45.6 Å². The third kappa shape index (κ3) is 2.84. The van der Waals surface area contributed by atoms with E-state index in [1.807, 2.05) is 60.3 Å². The molecule has 0 aliphatic heterocycles. The molecule has 0 aliphatic carbocycles. The number of amides is 1. The Balaban J connectivity index is 1.92. The van der Waals surface area contributed by atoms with E-state index in [2.05, 4.69) is 26.3 Å². The van der Waals surface area contributed by atoms with Crippen LogP contribution < -0.4 is 5.32 Å². The van der Waals surface area contributed by atoms with Crippen LogP contribution in [0.1, 0.15) is 21.7 Å². The molecule has 4 nitrogen and oxygen atoms in total. The molecule has 3 rings (SSSR count). The van der Waals surface area contributed by atoms with Gasteiger partial charge in [-0.2, -0.15) is 5.10 Å². The highest BCUT2D eigenvalue weighted by molar-refractivity contribution is 9.11. The fraction of sp³-hybridized carbons (Fsp3) is 0.125. The summed E-state index contributed by atoms with van der Waals surface area (Å²) in [6.45, 7) is 3.84. The Morgan fingerprint density at radius 3 is 2.64 bits per heavy atom. The van der Waals surface area contributed by atoms with Crippen LogP contribution in [-0.2, 0) is 0 Å². The number of nitrogens with one attached hydrogen (secondary N) is 1. The van der Waals surface area contributed by atoms with Crippen LogP contribution in [0.3, 0.4) is 0 Å². The van der Waals surface area contributed by atoms with Gasteiger partial charge in [0.05, 0.1) is 32.1 Å². The molecule has 0 spiro atoms. The Labute approximate surface area is 140 Å². The van der Waals surface area contributed by atoms with E-state index in [-0.39, 0.29) is 5.91 Å². The van der Waals surface area contributed by atoms with E-state index < -0.39 is 0 Å². The molecule has 0 atom stereocenters. The molecule has 2 aromatic heterocycles. The predicted molar refractivity (Wildman–Crippen MR) is 93.0 cm³/mol. The molecule has 0 saturated heterocycles. The van der Waals surface area contributed by atoms with Crippen molar-refractivity contribution in [3.8, 4) is 5.69 Å². The van der Waals surface area contributed by atoms with Crippen molar-refractivity contribution in [2.24, 2.45) is 0 Å². The number of carbonyl (C=O) groups excluding carboxylic acids is 1. The van der Waals surface area contributed by atoms with Gasteiger partial charge in [-0.1, -0.05) is 18.2 Å². The lowest BCUT2D eigenvalue weighted by Gasteiger charge is -2.06. The Morgan fingerprint density at radius 1 is 1.27 bits per heavy atom. The first kappa shape index (κ1) is 15.0. The molecule has 0 fully saturated rings. The van der Waals surface area contributed by atoms with Crippen LogP contribution in [0.25, 0.3) is 5.69 Å². The van der Waals surface area contributed by atoms with Gasteiger partial charge >= 0.3 is 0 Å². The van der Waals surface area contributed by atoms with Crippen LogP contribution in [0.2, 0.25) is 0 Å². The molecule has 0 bridgehead atoms. The van der Waals surface area contributed by atoms with Gasteiger partial charge in [-0.05, 0) is 48.0 Å².